The Kier molecular flexibility index (Phi) is 2.58. The van der Waals surface area contributed by atoms with Crippen molar-refractivity contribution < 1.29 is 0 Å². The van der Waals surface area contributed by atoms with Gasteiger partial charge >= 0.3 is 0 Å². The zero-order chi connectivity index (χ0) is 10.3. The van der Waals surface area contributed by atoms with Gasteiger partial charge in [0.05, 0.1) is 7.85 Å². The molecule has 1 aliphatic carbocycles. The van der Waals surface area contributed by atoms with Gasteiger partial charge in [-0.2, -0.15) is 0 Å². The van der Waals surface area contributed by atoms with Gasteiger partial charge in [0.25, 0.3) is 0 Å². The summed E-state index contributed by atoms with van der Waals surface area (Å²) in [6.45, 7) is 2.17. The maximum atomic E-state index is 6.19. The van der Waals surface area contributed by atoms with E-state index in [-0.39, 0.29) is 5.31 Å². The molecule has 0 bridgehead atoms. The Balaban J connectivity index is 2.14. The molecule has 2 fully saturated rings. The van der Waals surface area contributed by atoms with Crippen LogP contribution >= 0.6 is 11.8 Å². The van der Waals surface area contributed by atoms with Crippen LogP contribution in [0.4, 0.5) is 0 Å². The molecule has 0 aromatic heterocycles. The number of amidine groups is 1. The number of thioether (sulfide) groups is 1. The third-order valence-corrected chi connectivity index (χ3v) is 4.82. The number of fused-ring (bicyclic) bond motifs is 1. The van der Waals surface area contributed by atoms with Crippen LogP contribution in [-0.4, -0.2) is 43.3 Å². The fourth-order valence-electron chi connectivity index (χ4n) is 2.50. The van der Waals surface area contributed by atoms with Gasteiger partial charge in [-0.05, 0) is 12.8 Å². The van der Waals surface area contributed by atoms with Crippen LogP contribution < -0.4 is 0 Å². The molecule has 76 valence electrons. The second-order valence-electron chi connectivity index (χ2n) is 4.74. The molecule has 0 N–H and O–H groups in total. The molecule has 1 heterocycles. The molecule has 3 atom stereocenters. The summed E-state index contributed by atoms with van der Waals surface area (Å²) in [6, 6.07) is 0.662. The number of rotatable bonds is 0. The van der Waals surface area contributed by atoms with Gasteiger partial charge in [0.1, 0.15) is 0 Å². The number of hydrogen-bond donors (Lipinski definition) is 0. The van der Waals surface area contributed by atoms with E-state index in [1.165, 1.54) is 11.6 Å². The second kappa shape index (κ2) is 3.48. The van der Waals surface area contributed by atoms with Gasteiger partial charge in [-0.1, -0.05) is 30.4 Å². The first-order chi connectivity index (χ1) is 6.53. The molecule has 0 spiro atoms. The van der Waals surface area contributed by atoms with Crippen molar-refractivity contribution in [3.05, 3.63) is 0 Å². The van der Waals surface area contributed by atoms with Crippen molar-refractivity contribution in [2.45, 2.75) is 42.8 Å². The van der Waals surface area contributed by atoms with Gasteiger partial charge in [0, 0.05) is 25.4 Å². The van der Waals surface area contributed by atoms with E-state index in [4.69, 9.17) is 7.85 Å². The summed E-state index contributed by atoms with van der Waals surface area (Å²) in [7, 11) is 10.2. The first-order valence-electron chi connectivity index (χ1n) is 5.19. The number of aliphatic imine (C=N–C) groups is 1. The molecule has 2 nitrogen and oxygen atoms in total. The maximum absolute atomic E-state index is 6.19. The van der Waals surface area contributed by atoms with E-state index in [2.05, 4.69) is 23.9 Å². The van der Waals surface area contributed by atoms with E-state index in [0.717, 1.165) is 12.8 Å². The summed E-state index contributed by atoms with van der Waals surface area (Å²) in [5.41, 5.74) is 0. The lowest BCUT2D eigenvalue weighted by Crippen LogP contribution is -2.39. The third kappa shape index (κ3) is 1.69. The topological polar surface area (TPSA) is 15.6 Å². The third-order valence-electron chi connectivity index (χ3n) is 3.36. The molecular weight excluding hydrogens is 191 g/mol. The highest BCUT2D eigenvalue weighted by molar-refractivity contribution is 8.14. The lowest BCUT2D eigenvalue weighted by atomic mass is 9.60. The first-order valence-corrected chi connectivity index (χ1v) is 6.06. The van der Waals surface area contributed by atoms with Gasteiger partial charge in [-0.3, -0.25) is 4.99 Å². The van der Waals surface area contributed by atoms with Crippen LogP contribution in [0.1, 0.15) is 26.2 Å². The van der Waals surface area contributed by atoms with Gasteiger partial charge in [-0.25, -0.2) is 0 Å². The summed E-state index contributed by atoms with van der Waals surface area (Å²) in [5, 5.41) is 1.87. The van der Waals surface area contributed by atoms with Crippen molar-refractivity contribution in [3.8, 4) is 0 Å². The zero-order valence-corrected chi connectivity index (χ0v) is 9.97. The molecule has 3 unspecified atom stereocenters. The lowest BCUT2D eigenvalue weighted by molar-refractivity contribution is 0.269. The molecule has 14 heavy (non-hydrogen) atoms. The molecule has 4 heteroatoms. The van der Waals surface area contributed by atoms with Gasteiger partial charge in [-0.15, -0.1) is 0 Å². The second-order valence-corrected chi connectivity index (χ2v) is 5.94. The summed E-state index contributed by atoms with van der Waals surface area (Å²) < 4.78 is 0. The minimum atomic E-state index is 0.0399. The lowest BCUT2D eigenvalue weighted by Gasteiger charge is -2.38. The molecule has 2 radical (unpaired) electrons. The van der Waals surface area contributed by atoms with E-state index in [1.807, 2.05) is 18.8 Å². The summed E-state index contributed by atoms with van der Waals surface area (Å²) in [4.78, 5) is 6.63. The predicted molar refractivity (Wildman–Crippen MR) is 64.3 cm³/mol. The fraction of sp³-hybridized carbons (Fsp3) is 0.900. The molecular formula is C10H17BN2S. The molecule has 0 amide bonds. The van der Waals surface area contributed by atoms with Gasteiger partial charge < -0.3 is 4.90 Å². The van der Waals surface area contributed by atoms with E-state index < -0.39 is 0 Å². The minimum absolute atomic E-state index is 0.0399. The van der Waals surface area contributed by atoms with Crippen molar-refractivity contribution in [2.24, 2.45) is 4.99 Å². The van der Waals surface area contributed by atoms with Crippen LogP contribution in [0.15, 0.2) is 4.99 Å². The molecule has 2 aliphatic rings. The highest BCUT2D eigenvalue weighted by Gasteiger charge is 2.43. The standard InChI is InChI=1S/C10H17BN2S/c1-10(11)5-4-7-8(6-10)14-9(12-2)13(7)3/h7-8H,4-6H2,1-3H3. The smallest absolute Gasteiger partial charge is 0.159 e. The Morgan fingerprint density at radius 3 is 3.00 bits per heavy atom. The average Bonchev–Trinajstić information content (AvgIpc) is 2.40. The van der Waals surface area contributed by atoms with Crippen LogP contribution in [0.2, 0.25) is 5.31 Å². The van der Waals surface area contributed by atoms with Crippen molar-refractivity contribution in [1.29, 1.82) is 0 Å². The van der Waals surface area contributed by atoms with Gasteiger partial charge in [0.15, 0.2) is 5.17 Å². The van der Waals surface area contributed by atoms with E-state index >= 15 is 0 Å². The van der Waals surface area contributed by atoms with Crippen LogP contribution in [-0.2, 0) is 0 Å². The zero-order valence-electron chi connectivity index (χ0n) is 9.16. The summed E-state index contributed by atoms with van der Waals surface area (Å²) in [5.74, 6) is 0. The monoisotopic (exact) mass is 208 g/mol. The van der Waals surface area contributed by atoms with Crippen molar-refractivity contribution in [2.75, 3.05) is 14.1 Å². The highest BCUT2D eigenvalue weighted by Crippen LogP contribution is 2.48. The van der Waals surface area contributed by atoms with E-state index in [1.54, 1.807) is 0 Å². The predicted octanol–water partition coefficient (Wildman–Crippen LogP) is 1.92. The largest absolute Gasteiger partial charge is 0.350 e. The molecule has 0 aromatic carbocycles. The Hall–Kier alpha value is -0.115. The molecule has 0 aromatic rings. The molecule has 1 saturated heterocycles. The minimum Gasteiger partial charge on any atom is -0.350 e. The fourth-order valence-corrected chi connectivity index (χ4v) is 4.11. The first kappa shape index (κ1) is 10.4. The normalized spacial score (nSPS) is 45.6. The summed E-state index contributed by atoms with van der Waals surface area (Å²) in [6.07, 6.45) is 3.46. The Labute approximate surface area is 91.9 Å². The number of hydrogen-bond acceptors (Lipinski definition) is 2. The molecule has 2 rings (SSSR count). The summed E-state index contributed by atoms with van der Waals surface area (Å²) >= 11 is 1.90. The molecule has 1 aliphatic heterocycles. The van der Waals surface area contributed by atoms with Crippen LogP contribution in [0.3, 0.4) is 0 Å². The van der Waals surface area contributed by atoms with Crippen molar-refractivity contribution in [3.63, 3.8) is 0 Å². The van der Waals surface area contributed by atoms with Crippen molar-refractivity contribution in [1.82, 2.24) is 4.90 Å². The van der Waals surface area contributed by atoms with Crippen LogP contribution in [0.5, 0.6) is 0 Å². The quantitative estimate of drug-likeness (QED) is 0.565. The van der Waals surface area contributed by atoms with E-state index in [9.17, 15) is 0 Å². The highest BCUT2D eigenvalue weighted by atomic mass is 32.2. The molecule has 1 saturated carbocycles. The maximum Gasteiger partial charge on any atom is 0.159 e. The van der Waals surface area contributed by atoms with Crippen LogP contribution in [0, 0.1) is 0 Å². The Morgan fingerprint density at radius 1 is 1.64 bits per heavy atom. The number of nitrogens with zero attached hydrogens (tertiary/aromatic N) is 2. The SMILES string of the molecule is [B]C1(C)CCC2C(C1)SC(=NC)N2C. The van der Waals surface area contributed by atoms with Crippen LogP contribution in [0.25, 0.3) is 0 Å². The Bertz CT molecular complexity index is 265. The Morgan fingerprint density at radius 2 is 2.36 bits per heavy atom. The average molecular weight is 208 g/mol. The van der Waals surface area contributed by atoms with Gasteiger partial charge in [0.2, 0.25) is 0 Å². The van der Waals surface area contributed by atoms with Crippen molar-refractivity contribution >= 4 is 24.8 Å². The van der Waals surface area contributed by atoms with E-state index in [0.29, 0.717) is 11.3 Å².